The van der Waals surface area contributed by atoms with Crippen LogP contribution in [0.4, 0.5) is 17.6 Å². The summed E-state index contributed by atoms with van der Waals surface area (Å²) < 4.78 is 5.36. The highest BCUT2D eigenvalue weighted by Crippen LogP contribution is 2.29. The molecule has 0 bridgehead atoms. The Morgan fingerprint density at radius 1 is 1.17 bits per heavy atom. The lowest BCUT2D eigenvalue weighted by molar-refractivity contribution is 0.444. The number of furan rings is 1. The van der Waals surface area contributed by atoms with Crippen molar-refractivity contribution in [2.24, 2.45) is 5.92 Å². The summed E-state index contributed by atoms with van der Waals surface area (Å²) in [6.45, 7) is 8.23. The Bertz CT molecular complexity index is 842. The highest BCUT2D eigenvalue weighted by molar-refractivity contribution is 7.80. The van der Waals surface area contributed by atoms with E-state index >= 15 is 0 Å². The molecule has 7 nitrogen and oxygen atoms in total. The molecule has 4 rings (SSSR count). The van der Waals surface area contributed by atoms with Crippen molar-refractivity contribution in [1.29, 1.82) is 0 Å². The van der Waals surface area contributed by atoms with Gasteiger partial charge in [0, 0.05) is 31.7 Å². The van der Waals surface area contributed by atoms with Crippen LogP contribution in [-0.2, 0) is 6.54 Å². The van der Waals surface area contributed by atoms with Gasteiger partial charge in [-0.3, -0.25) is 0 Å². The third-order valence-electron chi connectivity index (χ3n) is 6.01. The Balaban J connectivity index is 1.53. The van der Waals surface area contributed by atoms with Gasteiger partial charge in [-0.05, 0) is 69.3 Å². The molecule has 2 saturated heterocycles. The Hall–Kier alpha value is -2.35. The van der Waals surface area contributed by atoms with E-state index in [4.69, 9.17) is 26.6 Å². The predicted octanol–water partition coefficient (Wildman–Crippen LogP) is 4.17. The molecule has 0 unspecified atom stereocenters. The summed E-state index contributed by atoms with van der Waals surface area (Å²) in [5, 5.41) is 6.85. The van der Waals surface area contributed by atoms with Crippen LogP contribution in [-0.4, -0.2) is 40.8 Å². The van der Waals surface area contributed by atoms with Crippen LogP contribution in [0.25, 0.3) is 0 Å². The first-order valence-corrected chi connectivity index (χ1v) is 11.5. The fourth-order valence-corrected chi connectivity index (χ4v) is 4.51. The van der Waals surface area contributed by atoms with Gasteiger partial charge in [0.1, 0.15) is 17.4 Å². The van der Waals surface area contributed by atoms with Crippen molar-refractivity contribution in [3.8, 4) is 0 Å². The SMILES string of the molecule is C[C@H]1CCCN(c2cc(N3CCCC[C@H]3C)nc(NC(=S)NCc3ccco3)n2)C1. The molecule has 2 N–H and O–H groups in total. The molecule has 162 valence electrons. The highest BCUT2D eigenvalue weighted by atomic mass is 32.1. The average molecular weight is 429 g/mol. The standard InChI is InChI=1S/C22H32N6OS/c1-16-7-5-10-27(15-16)19-13-20(28-11-4-3-8-17(28)2)25-21(24-19)26-22(30)23-14-18-9-6-12-29-18/h6,9,12-13,16-17H,3-5,7-8,10-11,14-15H2,1-2H3,(H2,23,24,25,26,30)/t16-,17+/m0/s1. The Morgan fingerprint density at radius 3 is 2.80 bits per heavy atom. The maximum Gasteiger partial charge on any atom is 0.232 e. The highest BCUT2D eigenvalue weighted by Gasteiger charge is 2.24. The van der Waals surface area contributed by atoms with Crippen molar-refractivity contribution in [1.82, 2.24) is 15.3 Å². The fourth-order valence-electron chi connectivity index (χ4n) is 4.35. The van der Waals surface area contributed by atoms with Gasteiger partial charge < -0.3 is 24.9 Å². The average Bonchev–Trinajstić information content (AvgIpc) is 3.26. The zero-order valence-electron chi connectivity index (χ0n) is 17.9. The number of nitrogens with zero attached hydrogens (tertiary/aromatic N) is 4. The minimum atomic E-state index is 0.485. The number of thiocarbonyl (C=S) groups is 1. The molecule has 0 amide bonds. The summed E-state index contributed by atoms with van der Waals surface area (Å²) in [7, 11) is 0. The molecule has 0 radical (unpaired) electrons. The number of piperidine rings is 2. The van der Waals surface area contributed by atoms with E-state index in [9.17, 15) is 0 Å². The van der Waals surface area contributed by atoms with E-state index in [0.29, 0.717) is 29.6 Å². The topological polar surface area (TPSA) is 69.5 Å². The first kappa shape index (κ1) is 20.9. The normalized spacial score (nSPS) is 22.1. The molecule has 4 heterocycles. The van der Waals surface area contributed by atoms with Crippen LogP contribution in [0.3, 0.4) is 0 Å². The van der Waals surface area contributed by atoms with Crippen LogP contribution < -0.4 is 20.4 Å². The molecule has 0 saturated carbocycles. The van der Waals surface area contributed by atoms with E-state index in [2.05, 4.69) is 40.3 Å². The third kappa shape index (κ3) is 5.22. The Morgan fingerprint density at radius 2 is 2.03 bits per heavy atom. The molecule has 2 aromatic heterocycles. The lowest BCUT2D eigenvalue weighted by Crippen LogP contribution is -2.39. The van der Waals surface area contributed by atoms with Crippen LogP contribution in [0.1, 0.15) is 51.7 Å². The van der Waals surface area contributed by atoms with E-state index in [-0.39, 0.29) is 0 Å². The number of nitrogens with one attached hydrogen (secondary N) is 2. The first-order valence-electron chi connectivity index (χ1n) is 11.1. The molecule has 2 aliphatic rings. The molecular weight excluding hydrogens is 396 g/mol. The van der Waals surface area contributed by atoms with Gasteiger partial charge in [0.15, 0.2) is 5.11 Å². The summed E-state index contributed by atoms with van der Waals surface area (Å²) in [4.78, 5) is 14.5. The zero-order chi connectivity index (χ0) is 20.9. The van der Waals surface area contributed by atoms with E-state index in [0.717, 1.165) is 37.0 Å². The zero-order valence-corrected chi connectivity index (χ0v) is 18.7. The second-order valence-electron chi connectivity index (χ2n) is 8.53. The quantitative estimate of drug-likeness (QED) is 0.688. The van der Waals surface area contributed by atoms with Gasteiger partial charge in [0.2, 0.25) is 5.95 Å². The number of anilines is 3. The van der Waals surface area contributed by atoms with Crippen LogP contribution in [0.5, 0.6) is 0 Å². The van der Waals surface area contributed by atoms with Crippen molar-refractivity contribution in [3.05, 3.63) is 30.2 Å². The van der Waals surface area contributed by atoms with Crippen molar-refractivity contribution in [2.45, 2.75) is 58.5 Å². The van der Waals surface area contributed by atoms with E-state index in [1.165, 1.54) is 32.1 Å². The summed E-state index contributed by atoms with van der Waals surface area (Å²) >= 11 is 5.48. The smallest absolute Gasteiger partial charge is 0.232 e. The summed E-state index contributed by atoms with van der Waals surface area (Å²) in [5.74, 6) is 4.04. The minimum absolute atomic E-state index is 0.485. The number of rotatable bonds is 5. The van der Waals surface area contributed by atoms with Crippen LogP contribution in [0.15, 0.2) is 28.9 Å². The van der Waals surface area contributed by atoms with Gasteiger partial charge in [0.25, 0.3) is 0 Å². The fraction of sp³-hybridized carbons (Fsp3) is 0.591. The van der Waals surface area contributed by atoms with Crippen molar-refractivity contribution >= 4 is 34.9 Å². The molecule has 2 aliphatic heterocycles. The molecule has 2 atom stereocenters. The van der Waals surface area contributed by atoms with Gasteiger partial charge in [-0.2, -0.15) is 9.97 Å². The van der Waals surface area contributed by atoms with Crippen LogP contribution >= 0.6 is 12.2 Å². The number of hydrogen-bond acceptors (Lipinski definition) is 6. The third-order valence-corrected chi connectivity index (χ3v) is 6.25. The molecule has 8 heteroatoms. The van der Waals surface area contributed by atoms with E-state index < -0.39 is 0 Å². The number of aromatic nitrogens is 2. The molecule has 0 spiro atoms. The van der Waals surface area contributed by atoms with E-state index in [1.54, 1.807) is 6.26 Å². The number of hydrogen-bond donors (Lipinski definition) is 2. The van der Waals surface area contributed by atoms with Crippen LogP contribution in [0, 0.1) is 5.92 Å². The lowest BCUT2D eigenvalue weighted by Gasteiger charge is -2.36. The first-order chi connectivity index (χ1) is 14.6. The van der Waals surface area contributed by atoms with Gasteiger partial charge >= 0.3 is 0 Å². The largest absolute Gasteiger partial charge is 0.467 e. The molecule has 30 heavy (non-hydrogen) atoms. The predicted molar refractivity (Wildman–Crippen MR) is 125 cm³/mol. The summed E-state index contributed by atoms with van der Waals surface area (Å²) in [6.07, 6.45) is 7.83. The summed E-state index contributed by atoms with van der Waals surface area (Å²) in [5.41, 5.74) is 0. The molecule has 0 aromatic carbocycles. The maximum absolute atomic E-state index is 5.48. The molecule has 0 aliphatic carbocycles. The Kier molecular flexibility index (Phi) is 6.72. The summed E-state index contributed by atoms with van der Waals surface area (Å²) in [6, 6.07) is 6.43. The van der Waals surface area contributed by atoms with Crippen molar-refractivity contribution < 1.29 is 4.42 Å². The van der Waals surface area contributed by atoms with Crippen molar-refractivity contribution in [2.75, 3.05) is 34.8 Å². The van der Waals surface area contributed by atoms with Gasteiger partial charge in [-0.1, -0.05) is 6.92 Å². The van der Waals surface area contributed by atoms with Gasteiger partial charge in [-0.15, -0.1) is 0 Å². The second kappa shape index (κ2) is 9.64. The second-order valence-corrected chi connectivity index (χ2v) is 8.93. The Labute approximate surface area is 184 Å². The monoisotopic (exact) mass is 428 g/mol. The molecule has 2 fully saturated rings. The van der Waals surface area contributed by atoms with Gasteiger partial charge in [-0.25, -0.2) is 0 Å². The van der Waals surface area contributed by atoms with Gasteiger partial charge in [0.05, 0.1) is 12.8 Å². The molecular formula is C22H32N6OS. The molecule has 2 aromatic rings. The maximum atomic E-state index is 5.48. The van der Waals surface area contributed by atoms with Crippen molar-refractivity contribution in [3.63, 3.8) is 0 Å². The van der Waals surface area contributed by atoms with E-state index in [1.807, 2.05) is 12.1 Å². The lowest BCUT2D eigenvalue weighted by atomic mass is 10.0. The van der Waals surface area contributed by atoms with Crippen LogP contribution in [0.2, 0.25) is 0 Å². The minimum Gasteiger partial charge on any atom is -0.467 e.